The van der Waals surface area contributed by atoms with Crippen LogP contribution in [0.5, 0.6) is 0 Å². The fourth-order valence-corrected chi connectivity index (χ4v) is 6.55. The number of hydrogen-bond donors (Lipinski definition) is 8. The Morgan fingerprint density at radius 1 is 0.519 bits per heavy atom. The molecule has 4 fully saturated rings. The summed E-state index contributed by atoms with van der Waals surface area (Å²) in [6, 6.07) is -1.47. The van der Waals surface area contributed by atoms with Gasteiger partial charge in [-0.25, -0.2) is 0 Å². The van der Waals surface area contributed by atoms with Crippen molar-refractivity contribution < 1.29 is 102 Å². The van der Waals surface area contributed by atoms with E-state index in [9.17, 15) is 54.9 Å². The van der Waals surface area contributed by atoms with Crippen LogP contribution < -0.4 is 5.32 Å². The predicted octanol–water partition coefficient (Wildman–Crippen LogP) is -4.81. The van der Waals surface area contributed by atoms with Crippen molar-refractivity contribution >= 4 is 23.8 Å². The molecule has 22 heteroatoms. The van der Waals surface area contributed by atoms with E-state index in [0.29, 0.717) is 0 Å². The number of amides is 1. The number of carbonyl (C=O) groups excluding carboxylic acids is 4. The maximum Gasteiger partial charge on any atom is 0.303 e. The van der Waals surface area contributed by atoms with Crippen molar-refractivity contribution in [3.05, 3.63) is 0 Å². The van der Waals surface area contributed by atoms with Crippen LogP contribution in [-0.2, 0) is 66.5 Å². The van der Waals surface area contributed by atoms with Gasteiger partial charge in [-0.15, -0.1) is 0 Å². The molecule has 22 nitrogen and oxygen atoms in total. The predicted molar refractivity (Wildman–Crippen MR) is 170 cm³/mol. The Morgan fingerprint density at radius 2 is 1.00 bits per heavy atom. The normalized spacial score (nSPS) is 45.5. The molecule has 4 heterocycles. The van der Waals surface area contributed by atoms with Gasteiger partial charge in [-0.1, -0.05) is 0 Å². The van der Waals surface area contributed by atoms with Crippen LogP contribution in [0.15, 0.2) is 0 Å². The number of hydrogen-bond acceptors (Lipinski definition) is 21. The first-order valence-corrected chi connectivity index (χ1v) is 17.3. The van der Waals surface area contributed by atoms with Crippen molar-refractivity contribution in [2.45, 2.75) is 171 Å². The summed E-state index contributed by atoms with van der Waals surface area (Å²) in [5.74, 6) is -3.16. The van der Waals surface area contributed by atoms with Crippen molar-refractivity contribution in [2.75, 3.05) is 6.61 Å². The summed E-state index contributed by atoms with van der Waals surface area (Å²) in [6.07, 6.45) is -30.2. The number of carbonyl (C=O) groups is 4. The fraction of sp³-hybridized carbons (Fsp3) is 0.875. The van der Waals surface area contributed by atoms with Gasteiger partial charge >= 0.3 is 17.9 Å². The largest absolute Gasteiger partial charge is 0.463 e. The second-order valence-electron chi connectivity index (χ2n) is 13.6. The fourth-order valence-electron chi connectivity index (χ4n) is 6.55. The first kappa shape index (κ1) is 44.0. The van der Waals surface area contributed by atoms with Crippen LogP contribution in [0.3, 0.4) is 0 Å². The van der Waals surface area contributed by atoms with E-state index in [0.717, 1.165) is 27.7 Å². The Balaban J connectivity index is 1.65. The van der Waals surface area contributed by atoms with E-state index >= 15 is 0 Å². The number of rotatable bonds is 11. The molecule has 4 rings (SSSR count). The lowest BCUT2D eigenvalue weighted by Gasteiger charge is -2.50. The molecule has 0 aromatic rings. The van der Waals surface area contributed by atoms with Crippen molar-refractivity contribution in [1.29, 1.82) is 0 Å². The Hall–Kier alpha value is -2.68. The summed E-state index contributed by atoms with van der Waals surface area (Å²) in [5.41, 5.74) is 0. The van der Waals surface area contributed by atoms with Gasteiger partial charge in [-0.3, -0.25) is 19.2 Å². The lowest BCUT2D eigenvalue weighted by Crippen LogP contribution is -2.69. The molecule has 1 amide bonds. The van der Waals surface area contributed by atoms with Gasteiger partial charge in [-0.05, 0) is 20.8 Å². The average molecular weight is 786 g/mol. The average Bonchev–Trinajstić information content (AvgIpc) is 3.07. The molecule has 54 heavy (non-hydrogen) atoms. The van der Waals surface area contributed by atoms with Crippen molar-refractivity contribution in [3.63, 3.8) is 0 Å². The Bertz CT molecular complexity index is 1310. The van der Waals surface area contributed by atoms with Crippen LogP contribution in [0, 0.1) is 0 Å². The quantitative estimate of drug-likeness (QED) is 0.0720. The molecule has 20 atom stereocenters. The monoisotopic (exact) mass is 785 g/mol. The van der Waals surface area contributed by atoms with Gasteiger partial charge in [0.25, 0.3) is 0 Å². The molecule has 8 N–H and O–H groups in total. The molecular weight excluding hydrogens is 734 g/mol. The van der Waals surface area contributed by atoms with Crippen LogP contribution >= 0.6 is 0 Å². The molecular formula is C32H51NO21. The number of aliphatic hydroxyl groups is 7. The molecule has 0 saturated carbocycles. The highest BCUT2D eigenvalue weighted by atomic mass is 16.8. The summed E-state index contributed by atoms with van der Waals surface area (Å²) in [4.78, 5) is 47.7. The van der Waals surface area contributed by atoms with E-state index in [4.69, 9.17) is 47.4 Å². The molecule has 0 aromatic heterocycles. The summed E-state index contributed by atoms with van der Waals surface area (Å²) in [5, 5.41) is 79.2. The van der Waals surface area contributed by atoms with Crippen molar-refractivity contribution in [3.8, 4) is 0 Å². The van der Waals surface area contributed by atoms with E-state index < -0.39 is 153 Å². The number of ether oxygens (including phenoxy) is 10. The standard InChI is InChI=1S/C32H51NO21/c1-9-18(38)22(42)27(54-30-23(43)25(49-14(6)36)19(39)10(2)46-30)31(47-9)53-26-20(40)11(3)48-32(28(26)50-15(7)37)52-24-17(33-12(4)34)29(44)51-16(21(24)41)8-45-13(5)35/h9-11,16-32,38-44H,8H2,1-7H3,(H,33,34)/t9-,10-,11-,16+,17+,18-,19-,20-,21+,22+,23+,24+,25+,26+,27+,28+,29+,30-,31-,32-/m0/s1. The van der Waals surface area contributed by atoms with Crippen molar-refractivity contribution in [2.24, 2.45) is 0 Å². The van der Waals surface area contributed by atoms with Gasteiger partial charge in [0.15, 0.2) is 37.4 Å². The first-order chi connectivity index (χ1) is 25.2. The SMILES string of the molecule is CC(=O)N[C@@H]1[C@@H](O[C@@H]2O[C@@H](C)[C@H](O)[C@@H](O[C@@H]3O[C@@H](C)[C@H](O)[C@@H](O)[C@H]3O[C@@H]3O[C@@H](C)[C@H](O)[C@@H](OC(C)=O)[C@H]3O)[C@H]2OC(C)=O)[C@H](O)[C@@H](COC(C)=O)O[C@H]1O. The number of aliphatic hydroxyl groups excluding tert-OH is 7. The minimum atomic E-state index is -1.83. The van der Waals surface area contributed by atoms with E-state index in [1.54, 1.807) is 0 Å². The molecule has 0 aliphatic carbocycles. The minimum Gasteiger partial charge on any atom is -0.463 e. The Morgan fingerprint density at radius 3 is 1.56 bits per heavy atom. The molecule has 0 unspecified atom stereocenters. The minimum absolute atomic E-state index is 0.536. The number of esters is 3. The van der Waals surface area contributed by atoms with Crippen LogP contribution in [0.1, 0.15) is 48.5 Å². The molecule has 4 aliphatic rings. The molecule has 0 radical (unpaired) electrons. The molecule has 310 valence electrons. The van der Waals surface area contributed by atoms with Gasteiger partial charge in [0.1, 0.15) is 73.7 Å². The first-order valence-electron chi connectivity index (χ1n) is 17.3. The van der Waals surface area contributed by atoms with Gasteiger partial charge < -0.3 is 88.4 Å². The van der Waals surface area contributed by atoms with Crippen molar-refractivity contribution in [1.82, 2.24) is 5.32 Å². The van der Waals surface area contributed by atoms with E-state index in [1.165, 1.54) is 20.8 Å². The highest BCUT2D eigenvalue weighted by Crippen LogP contribution is 2.36. The highest BCUT2D eigenvalue weighted by molar-refractivity contribution is 5.73. The zero-order valence-electron chi connectivity index (χ0n) is 30.6. The second-order valence-corrected chi connectivity index (χ2v) is 13.6. The molecule has 0 spiro atoms. The van der Waals surface area contributed by atoms with Gasteiger partial charge in [-0.2, -0.15) is 0 Å². The topological polar surface area (TPSA) is 314 Å². The maximum absolute atomic E-state index is 12.5. The molecule has 0 bridgehead atoms. The third kappa shape index (κ3) is 10.2. The summed E-state index contributed by atoms with van der Waals surface area (Å²) < 4.78 is 56.3. The lowest BCUT2D eigenvalue weighted by atomic mass is 9.95. The van der Waals surface area contributed by atoms with Gasteiger partial charge in [0.05, 0.1) is 18.3 Å². The highest BCUT2D eigenvalue weighted by Gasteiger charge is 2.56. The third-order valence-corrected chi connectivity index (χ3v) is 9.32. The third-order valence-electron chi connectivity index (χ3n) is 9.32. The lowest BCUT2D eigenvalue weighted by molar-refractivity contribution is -0.389. The zero-order chi connectivity index (χ0) is 40.3. The second kappa shape index (κ2) is 18.5. The summed E-state index contributed by atoms with van der Waals surface area (Å²) >= 11 is 0. The van der Waals surface area contributed by atoms with E-state index in [-0.39, 0.29) is 0 Å². The maximum atomic E-state index is 12.5. The molecule has 0 aromatic carbocycles. The van der Waals surface area contributed by atoms with Crippen LogP contribution in [0.2, 0.25) is 0 Å². The number of nitrogens with one attached hydrogen (secondary N) is 1. The molecule has 4 aliphatic heterocycles. The summed E-state index contributed by atoms with van der Waals surface area (Å²) in [7, 11) is 0. The van der Waals surface area contributed by atoms with E-state index in [1.807, 2.05) is 0 Å². The smallest absolute Gasteiger partial charge is 0.303 e. The van der Waals surface area contributed by atoms with Crippen LogP contribution in [-0.4, -0.2) is 189 Å². The molecule has 4 saturated heterocycles. The van der Waals surface area contributed by atoms with Crippen LogP contribution in [0.4, 0.5) is 0 Å². The van der Waals surface area contributed by atoms with Gasteiger partial charge in [0, 0.05) is 27.7 Å². The Kier molecular flexibility index (Phi) is 15.1. The van der Waals surface area contributed by atoms with Gasteiger partial charge in [0.2, 0.25) is 5.91 Å². The Labute approximate surface area is 309 Å². The van der Waals surface area contributed by atoms with Crippen LogP contribution in [0.25, 0.3) is 0 Å². The zero-order valence-corrected chi connectivity index (χ0v) is 30.6. The summed E-state index contributed by atoms with van der Waals surface area (Å²) in [6.45, 7) is 7.92. The van der Waals surface area contributed by atoms with E-state index in [2.05, 4.69) is 5.32 Å².